The summed E-state index contributed by atoms with van der Waals surface area (Å²) >= 11 is 0. The summed E-state index contributed by atoms with van der Waals surface area (Å²) in [6.45, 7) is 0. The molecule has 1 aliphatic rings. The van der Waals surface area contributed by atoms with Gasteiger partial charge >= 0.3 is 5.69 Å². The maximum Gasteiger partial charge on any atom is 0.332 e. The molecule has 0 spiro atoms. The number of nitrogens with zero attached hydrogens (tertiary/aromatic N) is 3. The Morgan fingerprint density at radius 1 is 1.30 bits per heavy atom. The van der Waals surface area contributed by atoms with Crippen molar-refractivity contribution in [2.75, 3.05) is 5.32 Å². The molecule has 23 heavy (non-hydrogen) atoms. The summed E-state index contributed by atoms with van der Waals surface area (Å²) in [6, 6.07) is 6.21. The standard InChI is InChI=1S/C16H15FN4O2/c1-20-14(12(8-18)15(22)21(2)16(20)23)19-13-6-4-9-3-5-10(17)7-11(9)13/h3,5,7,13,19H,4,6H2,1-2H3. The van der Waals surface area contributed by atoms with Crippen LogP contribution < -0.4 is 16.6 Å². The lowest BCUT2D eigenvalue weighted by Gasteiger charge is -2.19. The normalized spacial score (nSPS) is 16.0. The van der Waals surface area contributed by atoms with E-state index in [1.807, 2.05) is 6.07 Å². The number of benzene rings is 1. The van der Waals surface area contributed by atoms with E-state index in [2.05, 4.69) is 5.32 Å². The van der Waals surface area contributed by atoms with Crippen LogP contribution in [0.5, 0.6) is 0 Å². The molecule has 1 N–H and O–H groups in total. The van der Waals surface area contributed by atoms with Crippen LogP contribution in [0.2, 0.25) is 0 Å². The fourth-order valence-electron chi connectivity index (χ4n) is 3.00. The Labute approximate surface area is 131 Å². The molecule has 1 aromatic carbocycles. The number of aryl methyl sites for hydroxylation is 1. The van der Waals surface area contributed by atoms with Crippen LogP contribution >= 0.6 is 0 Å². The van der Waals surface area contributed by atoms with E-state index >= 15 is 0 Å². The van der Waals surface area contributed by atoms with Crippen LogP contribution in [-0.4, -0.2) is 9.13 Å². The van der Waals surface area contributed by atoms with E-state index in [0.29, 0.717) is 6.42 Å². The molecule has 0 saturated carbocycles. The zero-order valence-corrected chi connectivity index (χ0v) is 12.8. The van der Waals surface area contributed by atoms with Gasteiger partial charge < -0.3 is 5.32 Å². The number of hydrogen-bond acceptors (Lipinski definition) is 4. The molecule has 0 bridgehead atoms. The molecule has 7 heteroatoms. The topological polar surface area (TPSA) is 79.8 Å². The first-order chi connectivity index (χ1) is 10.9. The summed E-state index contributed by atoms with van der Waals surface area (Å²) in [5.74, 6) is -0.168. The summed E-state index contributed by atoms with van der Waals surface area (Å²) < 4.78 is 15.6. The second-order valence-electron chi connectivity index (χ2n) is 5.62. The molecule has 0 fully saturated rings. The smallest absolute Gasteiger partial charge is 0.332 e. The third kappa shape index (κ3) is 2.32. The largest absolute Gasteiger partial charge is 0.363 e. The van der Waals surface area contributed by atoms with Crippen LogP contribution in [0.1, 0.15) is 29.2 Å². The molecule has 1 aromatic heterocycles. The molecule has 2 aromatic rings. The lowest BCUT2D eigenvalue weighted by Crippen LogP contribution is -2.40. The number of aromatic nitrogens is 2. The minimum Gasteiger partial charge on any atom is -0.363 e. The zero-order chi connectivity index (χ0) is 16.7. The first-order valence-electron chi connectivity index (χ1n) is 7.19. The molecule has 0 radical (unpaired) electrons. The van der Waals surface area contributed by atoms with Gasteiger partial charge in [0.2, 0.25) is 0 Å². The zero-order valence-electron chi connectivity index (χ0n) is 12.8. The van der Waals surface area contributed by atoms with E-state index in [0.717, 1.165) is 22.1 Å². The first kappa shape index (κ1) is 15.0. The molecule has 1 unspecified atom stereocenters. The number of anilines is 1. The van der Waals surface area contributed by atoms with Gasteiger partial charge in [-0.1, -0.05) is 6.07 Å². The van der Waals surface area contributed by atoms with Gasteiger partial charge in [0, 0.05) is 14.1 Å². The van der Waals surface area contributed by atoms with Crippen LogP contribution in [-0.2, 0) is 20.5 Å². The van der Waals surface area contributed by atoms with Crippen LogP contribution in [0.4, 0.5) is 10.2 Å². The van der Waals surface area contributed by atoms with Gasteiger partial charge in [0.25, 0.3) is 5.56 Å². The number of nitriles is 1. The van der Waals surface area contributed by atoms with E-state index in [9.17, 15) is 19.2 Å². The van der Waals surface area contributed by atoms with Crippen molar-refractivity contribution in [3.05, 3.63) is 61.5 Å². The Hall–Kier alpha value is -2.88. The fourth-order valence-corrected chi connectivity index (χ4v) is 3.00. The molecule has 1 heterocycles. The number of fused-ring (bicyclic) bond motifs is 1. The van der Waals surface area contributed by atoms with E-state index < -0.39 is 11.2 Å². The lowest BCUT2D eigenvalue weighted by molar-refractivity contribution is 0.623. The monoisotopic (exact) mass is 314 g/mol. The minimum atomic E-state index is -0.643. The Morgan fingerprint density at radius 3 is 2.74 bits per heavy atom. The molecule has 0 saturated heterocycles. The average Bonchev–Trinajstić information content (AvgIpc) is 2.93. The van der Waals surface area contributed by atoms with Gasteiger partial charge in [-0.25, -0.2) is 9.18 Å². The second kappa shape index (κ2) is 5.39. The molecule has 6 nitrogen and oxygen atoms in total. The van der Waals surface area contributed by atoms with Crippen LogP contribution in [0.15, 0.2) is 27.8 Å². The highest BCUT2D eigenvalue weighted by molar-refractivity contribution is 5.54. The van der Waals surface area contributed by atoms with Gasteiger partial charge in [0.1, 0.15) is 17.7 Å². The van der Waals surface area contributed by atoms with Crippen molar-refractivity contribution in [1.82, 2.24) is 9.13 Å². The third-order valence-corrected chi connectivity index (χ3v) is 4.27. The van der Waals surface area contributed by atoms with E-state index in [1.54, 1.807) is 6.07 Å². The molecule has 1 aliphatic carbocycles. The van der Waals surface area contributed by atoms with Crippen LogP contribution in [0.25, 0.3) is 0 Å². The second-order valence-corrected chi connectivity index (χ2v) is 5.62. The summed E-state index contributed by atoms with van der Waals surface area (Å²) in [6.07, 6.45) is 1.47. The Balaban J connectivity index is 2.10. The predicted molar refractivity (Wildman–Crippen MR) is 82.7 cm³/mol. The van der Waals surface area contributed by atoms with Gasteiger partial charge in [-0.3, -0.25) is 13.9 Å². The van der Waals surface area contributed by atoms with Crippen molar-refractivity contribution < 1.29 is 4.39 Å². The summed E-state index contributed by atoms with van der Waals surface area (Å²) in [7, 11) is 2.82. The number of rotatable bonds is 2. The SMILES string of the molecule is Cn1c(NC2CCc3ccc(F)cc32)c(C#N)c(=O)n(C)c1=O. The Morgan fingerprint density at radius 2 is 2.04 bits per heavy atom. The van der Waals surface area contributed by atoms with Crippen molar-refractivity contribution in [2.24, 2.45) is 14.1 Å². The molecule has 118 valence electrons. The Kier molecular flexibility index (Phi) is 3.52. The van der Waals surface area contributed by atoms with Crippen molar-refractivity contribution in [2.45, 2.75) is 18.9 Å². The van der Waals surface area contributed by atoms with Gasteiger partial charge in [0.05, 0.1) is 6.04 Å². The number of hydrogen-bond donors (Lipinski definition) is 1. The maximum atomic E-state index is 13.5. The number of halogens is 1. The van der Waals surface area contributed by atoms with Crippen molar-refractivity contribution in [3.8, 4) is 6.07 Å². The van der Waals surface area contributed by atoms with Crippen molar-refractivity contribution >= 4 is 5.82 Å². The highest BCUT2D eigenvalue weighted by atomic mass is 19.1. The highest BCUT2D eigenvalue weighted by Crippen LogP contribution is 2.34. The van der Waals surface area contributed by atoms with Crippen LogP contribution in [0.3, 0.4) is 0 Å². The van der Waals surface area contributed by atoms with E-state index in [4.69, 9.17) is 0 Å². The van der Waals surface area contributed by atoms with Gasteiger partial charge in [0.15, 0.2) is 5.56 Å². The average molecular weight is 314 g/mol. The van der Waals surface area contributed by atoms with Crippen LogP contribution in [0, 0.1) is 17.1 Å². The predicted octanol–water partition coefficient (Wildman–Crippen LogP) is 1.19. The quantitative estimate of drug-likeness (QED) is 0.903. The molecule has 0 aliphatic heterocycles. The molecule has 0 amide bonds. The van der Waals surface area contributed by atoms with E-state index in [-0.39, 0.29) is 23.2 Å². The van der Waals surface area contributed by atoms with E-state index in [1.165, 1.54) is 30.8 Å². The molecule has 3 rings (SSSR count). The molecular weight excluding hydrogens is 299 g/mol. The first-order valence-corrected chi connectivity index (χ1v) is 7.19. The minimum absolute atomic E-state index is 0.126. The van der Waals surface area contributed by atoms with Gasteiger partial charge in [-0.05, 0) is 36.1 Å². The Bertz CT molecular complexity index is 952. The van der Waals surface area contributed by atoms with Crippen molar-refractivity contribution in [3.63, 3.8) is 0 Å². The van der Waals surface area contributed by atoms with Gasteiger partial charge in [-0.15, -0.1) is 0 Å². The fraction of sp³-hybridized carbons (Fsp3) is 0.312. The van der Waals surface area contributed by atoms with Crippen molar-refractivity contribution in [1.29, 1.82) is 5.26 Å². The van der Waals surface area contributed by atoms with Gasteiger partial charge in [-0.2, -0.15) is 5.26 Å². The summed E-state index contributed by atoms with van der Waals surface area (Å²) in [5, 5.41) is 12.4. The summed E-state index contributed by atoms with van der Waals surface area (Å²) in [5.41, 5.74) is 0.530. The maximum absolute atomic E-state index is 13.5. The summed E-state index contributed by atoms with van der Waals surface area (Å²) in [4.78, 5) is 24.2. The highest BCUT2D eigenvalue weighted by Gasteiger charge is 2.25. The molecular formula is C16H15FN4O2. The molecule has 1 atom stereocenters. The third-order valence-electron chi connectivity index (χ3n) is 4.27. The lowest BCUT2D eigenvalue weighted by atomic mass is 10.1. The number of nitrogens with one attached hydrogen (secondary N) is 1.